The van der Waals surface area contributed by atoms with E-state index in [0.29, 0.717) is 22.3 Å². The molecule has 128 valence electrons. The Balaban J connectivity index is 1.64. The quantitative estimate of drug-likeness (QED) is 0.703. The molecule has 0 bridgehead atoms. The minimum atomic E-state index is -0.185. The fourth-order valence-corrected chi connectivity index (χ4v) is 3.66. The molecule has 25 heavy (non-hydrogen) atoms. The third-order valence-electron chi connectivity index (χ3n) is 4.76. The third-order valence-corrected chi connectivity index (χ3v) is 4.95. The highest BCUT2D eigenvalue weighted by Crippen LogP contribution is 2.29. The minimum Gasteiger partial charge on any atom is -0.339 e. The summed E-state index contributed by atoms with van der Waals surface area (Å²) in [7, 11) is 2.16. The van der Waals surface area contributed by atoms with Gasteiger partial charge in [0.25, 0.3) is 5.56 Å². The van der Waals surface area contributed by atoms with Crippen LogP contribution in [0, 0.1) is 0 Å². The van der Waals surface area contributed by atoms with Gasteiger partial charge in [-0.25, -0.2) is 4.98 Å². The topological polar surface area (TPSA) is 61.0 Å². The van der Waals surface area contributed by atoms with E-state index >= 15 is 0 Å². The Morgan fingerprint density at radius 3 is 2.80 bits per heavy atom. The lowest BCUT2D eigenvalue weighted by Gasteiger charge is -2.13. The molecule has 1 atom stereocenters. The zero-order valence-electron chi connectivity index (χ0n) is 13.9. The molecular weight excluding hydrogens is 336 g/mol. The molecule has 0 amide bonds. The summed E-state index contributed by atoms with van der Waals surface area (Å²) in [4.78, 5) is 21.5. The molecule has 1 unspecified atom stereocenters. The SMILES string of the molecule is CN1CCC(c2ccc(Nc3nc(Cl)cc4cc[nH]c(=O)c34)cc2)C1. The van der Waals surface area contributed by atoms with Gasteiger partial charge in [0.1, 0.15) is 11.0 Å². The first-order valence-electron chi connectivity index (χ1n) is 8.33. The molecule has 2 aromatic heterocycles. The fraction of sp³-hybridized carbons (Fsp3) is 0.263. The van der Waals surface area contributed by atoms with Crippen molar-refractivity contribution in [1.82, 2.24) is 14.9 Å². The van der Waals surface area contributed by atoms with Crippen molar-refractivity contribution in [3.8, 4) is 0 Å². The van der Waals surface area contributed by atoms with Gasteiger partial charge >= 0.3 is 0 Å². The first kappa shape index (κ1) is 16.1. The fourth-order valence-electron chi connectivity index (χ4n) is 3.45. The van der Waals surface area contributed by atoms with Crippen LogP contribution in [0.4, 0.5) is 11.5 Å². The molecule has 0 spiro atoms. The number of likely N-dealkylation sites (N-methyl/N-ethyl adjacent to an activating group) is 1. The van der Waals surface area contributed by atoms with E-state index in [-0.39, 0.29) is 5.56 Å². The van der Waals surface area contributed by atoms with Crippen molar-refractivity contribution in [1.29, 1.82) is 0 Å². The monoisotopic (exact) mass is 354 g/mol. The number of nitrogens with zero attached hydrogens (tertiary/aromatic N) is 2. The van der Waals surface area contributed by atoms with Crippen molar-refractivity contribution in [3.05, 3.63) is 63.7 Å². The number of hydrogen-bond donors (Lipinski definition) is 2. The molecule has 1 saturated heterocycles. The summed E-state index contributed by atoms with van der Waals surface area (Å²) in [6.07, 6.45) is 2.80. The molecule has 0 saturated carbocycles. The Morgan fingerprint density at radius 1 is 1.28 bits per heavy atom. The predicted octanol–water partition coefficient (Wildman–Crippen LogP) is 3.74. The minimum absolute atomic E-state index is 0.185. The average molecular weight is 355 g/mol. The molecule has 3 heterocycles. The normalized spacial score (nSPS) is 17.9. The van der Waals surface area contributed by atoms with E-state index in [2.05, 4.69) is 39.4 Å². The van der Waals surface area contributed by atoms with E-state index in [9.17, 15) is 4.79 Å². The highest BCUT2D eigenvalue weighted by Gasteiger charge is 2.20. The first-order valence-corrected chi connectivity index (χ1v) is 8.71. The van der Waals surface area contributed by atoms with Crippen LogP contribution in [-0.4, -0.2) is 35.0 Å². The van der Waals surface area contributed by atoms with Crippen LogP contribution in [-0.2, 0) is 0 Å². The number of likely N-dealkylation sites (tertiary alicyclic amines) is 1. The molecule has 1 aromatic carbocycles. The van der Waals surface area contributed by atoms with Gasteiger partial charge in [0.05, 0.1) is 5.39 Å². The lowest BCUT2D eigenvalue weighted by molar-refractivity contribution is 0.411. The number of pyridine rings is 2. The smallest absolute Gasteiger partial charge is 0.259 e. The van der Waals surface area contributed by atoms with Gasteiger partial charge in [0.15, 0.2) is 0 Å². The molecule has 1 fully saturated rings. The highest BCUT2D eigenvalue weighted by atomic mass is 35.5. The van der Waals surface area contributed by atoms with Gasteiger partial charge in [0.2, 0.25) is 0 Å². The second kappa shape index (κ2) is 6.50. The maximum atomic E-state index is 12.2. The predicted molar refractivity (Wildman–Crippen MR) is 102 cm³/mol. The van der Waals surface area contributed by atoms with Crippen LogP contribution in [0.15, 0.2) is 47.4 Å². The van der Waals surface area contributed by atoms with Crippen molar-refractivity contribution in [2.75, 3.05) is 25.5 Å². The Kier molecular flexibility index (Phi) is 4.19. The number of fused-ring (bicyclic) bond motifs is 1. The Hall–Kier alpha value is -2.37. The van der Waals surface area contributed by atoms with Crippen LogP contribution >= 0.6 is 11.6 Å². The molecule has 6 heteroatoms. The molecule has 5 nitrogen and oxygen atoms in total. The van der Waals surface area contributed by atoms with Gasteiger partial charge in [-0.05, 0) is 61.1 Å². The Labute approximate surface area is 150 Å². The molecule has 4 rings (SSSR count). The number of nitrogens with one attached hydrogen (secondary N) is 2. The lowest BCUT2D eigenvalue weighted by atomic mass is 9.98. The molecule has 2 N–H and O–H groups in total. The average Bonchev–Trinajstić information content (AvgIpc) is 3.01. The van der Waals surface area contributed by atoms with Crippen LogP contribution in [0.3, 0.4) is 0 Å². The molecular formula is C19H19ClN4O. The van der Waals surface area contributed by atoms with Crippen molar-refractivity contribution in [2.45, 2.75) is 12.3 Å². The molecule has 1 aliphatic rings. The largest absolute Gasteiger partial charge is 0.339 e. The van der Waals surface area contributed by atoms with E-state index in [1.54, 1.807) is 12.3 Å². The van der Waals surface area contributed by atoms with Crippen molar-refractivity contribution in [2.24, 2.45) is 0 Å². The van der Waals surface area contributed by atoms with Crippen LogP contribution < -0.4 is 10.9 Å². The zero-order valence-corrected chi connectivity index (χ0v) is 14.7. The van der Waals surface area contributed by atoms with E-state index in [0.717, 1.165) is 24.2 Å². The van der Waals surface area contributed by atoms with Gasteiger partial charge in [-0.2, -0.15) is 0 Å². The van der Waals surface area contributed by atoms with Crippen LogP contribution in [0.5, 0.6) is 0 Å². The summed E-state index contributed by atoms with van der Waals surface area (Å²) < 4.78 is 0. The van der Waals surface area contributed by atoms with Crippen molar-refractivity contribution in [3.63, 3.8) is 0 Å². The number of halogens is 1. The Bertz CT molecular complexity index is 967. The number of hydrogen-bond acceptors (Lipinski definition) is 4. The molecule has 1 aliphatic heterocycles. The molecule has 0 radical (unpaired) electrons. The van der Waals surface area contributed by atoms with Gasteiger partial charge in [-0.15, -0.1) is 0 Å². The molecule has 3 aromatic rings. The zero-order chi connectivity index (χ0) is 17.4. The number of anilines is 2. The summed E-state index contributed by atoms with van der Waals surface area (Å²) in [6, 6.07) is 11.8. The van der Waals surface area contributed by atoms with E-state index in [1.165, 1.54) is 12.0 Å². The summed E-state index contributed by atoms with van der Waals surface area (Å²) in [5, 5.41) is 4.85. The van der Waals surface area contributed by atoms with Gasteiger partial charge in [-0.3, -0.25) is 4.79 Å². The van der Waals surface area contributed by atoms with Crippen molar-refractivity contribution >= 4 is 33.9 Å². The number of aromatic amines is 1. The summed E-state index contributed by atoms with van der Waals surface area (Å²) >= 11 is 6.10. The van der Waals surface area contributed by atoms with Gasteiger partial charge < -0.3 is 15.2 Å². The van der Waals surface area contributed by atoms with E-state index in [1.807, 2.05) is 18.2 Å². The third kappa shape index (κ3) is 3.25. The van der Waals surface area contributed by atoms with Crippen LogP contribution in [0.1, 0.15) is 17.9 Å². The van der Waals surface area contributed by atoms with Gasteiger partial charge in [-0.1, -0.05) is 23.7 Å². The molecule has 0 aliphatic carbocycles. The number of rotatable bonds is 3. The lowest BCUT2D eigenvalue weighted by Crippen LogP contribution is -2.13. The summed E-state index contributed by atoms with van der Waals surface area (Å²) in [5.41, 5.74) is 2.04. The van der Waals surface area contributed by atoms with E-state index < -0.39 is 0 Å². The number of H-pyrrole nitrogens is 1. The van der Waals surface area contributed by atoms with Crippen LogP contribution in [0.25, 0.3) is 10.8 Å². The van der Waals surface area contributed by atoms with E-state index in [4.69, 9.17) is 11.6 Å². The van der Waals surface area contributed by atoms with Crippen LogP contribution in [0.2, 0.25) is 5.15 Å². The van der Waals surface area contributed by atoms with Crippen molar-refractivity contribution < 1.29 is 0 Å². The van der Waals surface area contributed by atoms with Gasteiger partial charge in [0, 0.05) is 18.4 Å². The number of aromatic nitrogens is 2. The maximum Gasteiger partial charge on any atom is 0.259 e. The maximum absolute atomic E-state index is 12.2. The number of benzene rings is 1. The second-order valence-electron chi connectivity index (χ2n) is 6.56. The Morgan fingerprint density at radius 2 is 2.08 bits per heavy atom. The second-order valence-corrected chi connectivity index (χ2v) is 6.95. The summed E-state index contributed by atoms with van der Waals surface area (Å²) in [6.45, 7) is 2.24. The standard InChI is InChI=1S/C19H19ClN4O/c1-24-9-7-14(11-24)12-2-4-15(5-3-12)22-18-17-13(10-16(20)23-18)6-8-21-19(17)25/h2-6,8,10,14H,7,9,11H2,1H3,(H,21,25)(H,22,23). The first-order chi connectivity index (χ1) is 12.1. The summed E-state index contributed by atoms with van der Waals surface area (Å²) in [5.74, 6) is 1.06. The highest BCUT2D eigenvalue weighted by molar-refractivity contribution is 6.30.